The summed E-state index contributed by atoms with van der Waals surface area (Å²) in [7, 11) is 1.70. The van der Waals surface area contributed by atoms with E-state index in [2.05, 4.69) is 40.5 Å². The molecule has 2 rings (SSSR count). The van der Waals surface area contributed by atoms with E-state index in [0.29, 0.717) is 6.54 Å². The third-order valence-electron chi connectivity index (χ3n) is 3.67. The second-order valence-corrected chi connectivity index (χ2v) is 6.72. The average molecular weight is 474 g/mol. The molecule has 1 aromatic carbocycles. The fourth-order valence-electron chi connectivity index (χ4n) is 2.32. The number of ether oxygens (including phenoxy) is 1. The van der Waals surface area contributed by atoms with Gasteiger partial charge in [-0.1, -0.05) is 18.2 Å². The molecule has 0 radical (unpaired) electrons. The van der Waals surface area contributed by atoms with Crippen LogP contribution in [0.2, 0.25) is 0 Å². The van der Waals surface area contributed by atoms with Crippen LogP contribution in [0.5, 0.6) is 5.75 Å². The SMILES string of the molecule is CCNC(=NCc1nc(C)c(C)s1)NCCc1ccccc1OC.I. The minimum atomic E-state index is 0. The van der Waals surface area contributed by atoms with Crippen molar-refractivity contribution < 1.29 is 4.74 Å². The molecule has 0 amide bonds. The lowest BCUT2D eigenvalue weighted by atomic mass is 10.1. The molecule has 0 aliphatic rings. The average Bonchev–Trinajstić information content (AvgIpc) is 2.91. The Morgan fingerprint density at radius 2 is 2.00 bits per heavy atom. The minimum Gasteiger partial charge on any atom is -0.496 e. The topological polar surface area (TPSA) is 58.5 Å². The number of aryl methyl sites for hydroxylation is 2. The van der Waals surface area contributed by atoms with E-state index in [1.54, 1.807) is 18.4 Å². The largest absolute Gasteiger partial charge is 0.496 e. The number of aromatic nitrogens is 1. The lowest BCUT2D eigenvalue weighted by Crippen LogP contribution is -2.38. The van der Waals surface area contributed by atoms with Gasteiger partial charge in [0.15, 0.2) is 5.96 Å². The number of benzene rings is 1. The molecule has 5 nitrogen and oxygen atoms in total. The van der Waals surface area contributed by atoms with Crippen molar-refractivity contribution in [3.63, 3.8) is 0 Å². The molecule has 1 heterocycles. The second kappa shape index (κ2) is 11.3. The molecule has 0 bridgehead atoms. The molecule has 0 saturated heterocycles. The predicted molar refractivity (Wildman–Crippen MR) is 117 cm³/mol. The fraction of sp³-hybridized carbons (Fsp3) is 0.444. The third-order valence-corrected chi connectivity index (χ3v) is 4.73. The predicted octanol–water partition coefficient (Wildman–Crippen LogP) is 3.68. The number of guanidine groups is 1. The van der Waals surface area contributed by atoms with Crippen LogP contribution in [0.4, 0.5) is 0 Å². The van der Waals surface area contributed by atoms with Gasteiger partial charge in [0.25, 0.3) is 0 Å². The number of para-hydroxylation sites is 1. The van der Waals surface area contributed by atoms with Crippen molar-refractivity contribution in [3.8, 4) is 5.75 Å². The standard InChI is InChI=1S/C18H26N4OS.HI/c1-5-19-18(21-12-17-22-13(2)14(3)24-17)20-11-10-15-8-6-7-9-16(15)23-4;/h6-9H,5,10-12H2,1-4H3,(H2,19,20,21);1H. The molecule has 2 aromatic rings. The molecular weight excluding hydrogens is 447 g/mol. The number of methoxy groups -OCH3 is 1. The molecule has 25 heavy (non-hydrogen) atoms. The molecule has 0 fully saturated rings. The summed E-state index contributed by atoms with van der Waals surface area (Å²) < 4.78 is 5.39. The van der Waals surface area contributed by atoms with E-state index in [1.807, 2.05) is 25.1 Å². The Balaban J connectivity index is 0.00000312. The van der Waals surface area contributed by atoms with Crippen LogP contribution in [0.1, 0.15) is 28.1 Å². The molecule has 0 spiro atoms. The maximum absolute atomic E-state index is 5.39. The fourth-order valence-corrected chi connectivity index (χ4v) is 3.18. The summed E-state index contributed by atoms with van der Waals surface area (Å²) in [6, 6.07) is 8.09. The van der Waals surface area contributed by atoms with Crippen LogP contribution in [0, 0.1) is 13.8 Å². The van der Waals surface area contributed by atoms with Gasteiger partial charge in [0.1, 0.15) is 10.8 Å². The Hall–Kier alpha value is -1.35. The summed E-state index contributed by atoms with van der Waals surface area (Å²) in [4.78, 5) is 10.4. The van der Waals surface area contributed by atoms with Gasteiger partial charge in [0.2, 0.25) is 0 Å². The first kappa shape index (κ1) is 21.7. The van der Waals surface area contributed by atoms with Crippen LogP contribution < -0.4 is 15.4 Å². The summed E-state index contributed by atoms with van der Waals surface area (Å²) in [5.74, 6) is 1.74. The maximum Gasteiger partial charge on any atom is 0.191 e. The number of nitrogens with one attached hydrogen (secondary N) is 2. The first-order chi connectivity index (χ1) is 11.6. The number of rotatable bonds is 7. The summed E-state index contributed by atoms with van der Waals surface area (Å²) in [5.41, 5.74) is 2.29. The summed E-state index contributed by atoms with van der Waals surface area (Å²) in [6.45, 7) is 8.42. The molecule has 0 saturated carbocycles. The van der Waals surface area contributed by atoms with Crippen molar-refractivity contribution in [2.75, 3.05) is 20.2 Å². The molecule has 0 atom stereocenters. The smallest absolute Gasteiger partial charge is 0.191 e. The van der Waals surface area contributed by atoms with Crippen LogP contribution in [-0.2, 0) is 13.0 Å². The van der Waals surface area contributed by atoms with Crippen LogP contribution >= 0.6 is 35.3 Å². The third kappa shape index (κ3) is 6.81. The van der Waals surface area contributed by atoms with E-state index < -0.39 is 0 Å². The minimum absolute atomic E-state index is 0. The molecule has 0 aliphatic carbocycles. The number of thiazole rings is 1. The first-order valence-electron chi connectivity index (χ1n) is 8.21. The molecule has 0 aliphatic heterocycles. The normalized spacial score (nSPS) is 11.0. The lowest BCUT2D eigenvalue weighted by molar-refractivity contribution is 0.409. The van der Waals surface area contributed by atoms with Gasteiger partial charge in [-0.15, -0.1) is 35.3 Å². The zero-order chi connectivity index (χ0) is 17.4. The Morgan fingerprint density at radius 1 is 1.24 bits per heavy atom. The quantitative estimate of drug-likeness (QED) is 0.365. The highest BCUT2D eigenvalue weighted by molar-refractivity contribution is 14.0. The van der Waals surface area contributed by atoms with E-state index in [4.69, 9.17) is 4.74 Å². The van der Waals surface area contributed by atoms with Crippen molar-refractivity contribution in [2.45, 2.75) is 33.7 Å². The Kier molecular flexibility index (Phi) is 9.81. The van der Waals surface area contributed by atoms with Gasteiger partial charge in [0, 0.05) is 18.0 Å². The van der Waals surface area contributed by atoms with Crippen LogP contribution in [0.25, 0.3) is 0 Å². The van der Waals surface area contributed by atoms with E-state index in [-0.39, 0.29) is 24.0 Å². The van der Waals surface area contributed by atoms with E-state index >= 15 is 0 Å². The van der Waals surface area contributed by atoms with Gasteiger partial charge in [-0.25, -0.2) is 9.98 Å². The number of hydrogen-bond donors (Lipinski definition) is 2. The molecule has 7 heteroatoms. The highest BCUT2D eigenvalue weighted by Crippen LogP contribution is 2.18. The Bertz CT molecular complexity index is 668. The van der Waals surface area contributed by atoms with Gasteiger partial charge in [-0.2, -0.15) is 0 Å². The maximum atomic E-state index is 5.39. The first-order valence-corrected chi connectivity index (χ1v) is 9.02. The van der Waals surface area contributed by atoms with Gasteiger partial charge >= 0.3 is 0 Å². The Morgan fingerprint density at radius 3 is 2.64 bits per heavy atom. The number of halogens is 1. The molecule has 0 unspecified atom stereocenters. The van der Waals surface area contributed by atoms with Gasteiger partial charge in [0.05, 0.1) is 19.3 Å². The highest BCUT2D eigenvalue weighted by atomic mass is 127. The van der Waals surface area contributed by atoms with Gasteiger partial charge < -0.3 is 15.4 Å². The summed E-state index contributed by atoms with van der Waals surface area (Å²) in [5, 5.41) is 7.69. The molecular formula is C18H27IN4OS. The van der Waals surface area contributed by atoms with Crippen LogP contribution in [-0.4, -0.2) is 31.1 Å². The van der Waals surface area contributed by atoms with E-state index in [9.17, 15) is 0 Å². The zero-order valence-electron chi connectivity index (χ0n) is 15.3. The van der Waals surface area contributed by atoms with Crippen molar-refractivity contribution in [2.24, 2.45) is 4.99 Å². The number of aliphatic imine (C=N–C) groups is 1. The van der Waals surface area contributed by atoms with Crippen molar-refractivity contribution in [3.05, 3.63) is 45.4 Å². The van der Waals surface area contributed by atoms with E-state index in [1.165, 1.54) is 10.4 Å². The van der Waals surface area contributed by atoms with Crippen molar-refractivity contribution in [1.82, 2.24) is 15.6 Å². The Labute approximate surface area is 171 Å². The van der Waals surface area contributed by atoms with Gasteiger partial charge in [-0.3, -0.25) is 0 Å². The number of nitrogens with zero attached hydrogens (tertiary/aromatic N) is 2. The van der Waals surface area contributed by atoms with Crippen molar-refractivity contribution in [1.29, 1.82) is 0 Å². The second-order valence-electron chi connectivity index (χ2n) is 5.43. The zero-order valence-corrected chi connectivity index (χ0v) is 18.4. The summed E-state index contributed by atoms with van der Waals surface area (Å²) in [6.07, 6.45) is 0.879. The van der Waals surface area contributed by atoms with Crippen LogP contribution in [0.15, 0.2) is 29.3 Å². The molecule has 2 N–H and O–H groups in total. The highest BCUT2D eigenvalue weighted by Gasteiger charge is 2.05. The van der Waals surface area contributed by atoms with Crippen molar-refractivity contribution >= 4 is 41.3 Å². The van der Waals surface area contributed by atoms with Crippen LogP contribution in [0.3, 0.4) is 0 Å². The molecule has 138 valence electrons. The van der Waals surface area contributed by atoms with Gasteiger partial charge in [-0.05, 0) is 38.8 Å². The number of hydrogen-bond acceptors (Lipinski definition) is 4. The lowest BCUT2D eigenvalue weighted by Gasteiger charge is -2.12. The molecule has 1 aromatic heterocycles. The summed E-state index contributed by atoms with van der Waals surface area (Å²) >= 11 is 1.71. The van der Waals surface area contributed by atoms with E-state index in [0.717, 1.165) is 41.9 Å². The monoisotopic (exact) mass is 474 g/mol.